The predicted molar refractivity (Wildman–Crippen MR) is 80.7 cm³/mol. The summed E-state index contributed by atoms with van der Waals surface area (Å²) in [7, 11) is 1.35. The van der Waals surface area contributed by atoms with Crippen LogP contribution < -0.4 is 0 Å². The lowest BCUT2D eigenvalue weighted by molar-refractivity contribution is 0.0601. The zero-order valence-electron chi connectivity index (χ0n) is 12.9. The number of nitriles is 1. The number of carbonyl (C=O) groups excluding carboxylic acids is 1. The number of hydrogen-bond donors (Lipinski definition) is 0. The normalized spacial score (nSPS) is 10.5. The maximum Gasteiger partial charge on any atom is 0.337 e. The summed E-state index contributed by atoms with van der Waals surface area (Å²) >= 11 is 0. The second kappa shape index (κ2) is 6.85. The van der Waals surface area contributed by atoms with Crippen LogP contribution in [0, 0.1) is 11.3 Å². The largest absolute Gasteiger partial charge is 0.465 e. The number of aromatic nitrogens is 3. The fraction of sp³-hybridized carbons (Fsp3) is 0.375. The van der Waals surface area contributed by atoms with Crippen LogP contribution in [0.15, 0.2) is 24.3 Å². The number of benzene rings is 1. The second-order valence-electron chi connectivity index (χ2n) is 4.90. The van der Waals surface area contributed by atoms with Gasteiger partial charge in [-0.2, -0.15) is 5.26 Å². The van der Waals surface area contributed by atoms with E-state index in [1.165, 1.54) is 7.11 Å². The van der Waals surface area contributed by atoms with Crippen molar-refractivity contribution in [2.75, 3.05) is 7.11 Å². The zero-order chi connectivity index (χ0) is 16.1. The summed E-state index contributed by atoms with van der Waals surface area (Å²) in [6.07, 6.45) is 1.80. The molecule has 0 atom stereocenters. The van der Waals surface area contributed by atoms with E-state index in [4.69, 9.17) is 0 Å². The highest BCUT2D eigenvalue weighted by atomic mass is 16.5. The lowest BCUT2D eigenvalue weighted by Crippen LogP contribution is -2.09. The fourth-order valence-corrected chi connectivity index (χ4v) is 2.46. The van der Waals surface area contributed by atoms with Crippen LogP contribution >= 0.6 is 0 Å². The van der Waals surface area contributed by atoms with Gasteiger partial charge in [0.25, 0.3) is 0 Å². The van der Waals surface area contributed by atoms with Gasteiger partial charge in [0.05, 0.1) is 24.1 Å². The van der Waals surface area contributed by atoms with Crippen LogP contribution in [0.5, 0.6) is 0 Å². The van der Waals surface area contributed by atoms with Crippen LogP contribution in [0.25, 0.3) is 5.69 Å². The zero-order valence-corrected chi connectivity index (χ0v) is 12.9. The summed E-state index contributed by atoms with van der Waals surface area (Å²) in [4.78, 5) is 11.5. The van der Waals surface area contributed by atoms with E-state index < -0.39 is 0 Å². The summed E-state index contributed by atoms with van der Waals surface area (Å²) in [5, 5.41) is 17.3. The smallest absolute Gasteiger partial charge is 0.337 e. The van der Waals surface area contributed by atoms with Crippen molar-refractivity contribution in [1.82, 2.24) is 15.0 Å². The lowest BCUT2D eigenvalue weighted by atomic mass is 9.97. The summed E-state index contributed by atoms with van der Waals surface area (Å²) in [6, 6.07) is 8.99. The summed E-state index contributed by atoms with van der Waals surface area (Å²) in [6.45, 7) is 4.15. The molecule has 0 aliphatic rings. The standard InChI is InChI=1S/C16H18N4O2/c1-4-11(5-2)15-14(10-17)18-19-20(15)13-8-6-12(7-9-13)16(21)22-3/h6-9,11H,4-5H2,1-3H3. The minimum atomic E-state index is -0.386. The first kappa shape index (κ1) is 15.7. The Balaban J connectivity index is 2.47. The average Bonchev–Trinajstić information content (AvgIpc) is 2.99. The highest BCUT2D eigenvalue weighted by Gasteiger charge is 2.21. The minimum Gasteiger partial charge on any atom is -0.465 e. The van der Waals surface area contributed by atoms with Crippen molar-refractivity contribution in [3.63, 3.8) is 0 Å². The Kier molecular flexibility index (Phi) is 4.89. The van der Waals surface area contributed by atoms with E-state index in [1.54, 1.807) is 28.9 Å². The van der Waals surface area contributed by atoms with Gasteiger partial charge in [-0.25, -0.2) is 9.48 Å². The number of carbonyl (C=O) groups is 1. The van der Waals surface area contributed by atoms with Gasteiger partial charge in [-0.05, 0) is 37.1 Å². The summed E-state index contributed by atoms with van der Waals surface area (Å²) < 4.78 is 6.36. The Morgan fingerprint density at radius 2 is 1.95 bits per heavy atom. The van der Waals surface area contributed by atoms with Crippen LogP contribution in [0.2, 0.25) is 0 Å². The van der Waals surface area contributed by atoms with E-state index in [0.717, 1.165) is 24.2 Å². The van der Waals surface area contributed by atoms with Crippen molar-refractivity contribution in [2.45, 2.75) is 32.6 Å². The monoisotopic (exact) mass is 298 g/mol. The van der Waals surface area contributed by atoms with Gasteiger partial charge in [0.2, 0.25) is 0 Å². The second-order valence-corrected chi connectivity index (χ2v) is 4.90. The Morgan fingerprint density at radius 3 is 2.45 bits per heavy atom. The van der Waals surface area contributed by atoms with E-state index in [9.17, 15) is 10.1 Å². The maximum atomic E-state index is 11.5. The summed E-state index contributed by atoms with van der Waals surface area (Å²) in [5.74, 6) is -0.173. The highest BCUT2D eigenvalue weighted by Crippen LogP contribution is 2.27. The van der Waals surface area contributed by atoms with Crippen LogP contribution in [0.1, 0.15) is 54.4 Å². The molecular formula is C16H18N4O2. The van der Waals surface area contributed by atoms with E-state index in [2.05, 4.69) is 35.0 Å². The molecule has 0 amide bonds. The van der Waals surface area contributed by atoms with E-state index in [-0.39, 0.29) is 11.9 Å². The van der Waals surface area contributed by atoms with E-state index >= 15 is 0 Å². The van der Waals surface area contributed by atoms with Crippen LogP contribution in [-0.2, 0) is 4.74 Å². The summed E-state index contributed by atoms with van der Waals surface area (Å²) in [5.41, 5.74) is 2.41. The first-order valence-electron chi connectivity index (χ1n) is 7.20. The van der Waals surface area contributed by atoms with E-state index in [0.29, 0.717) is 11.3 Å². The minimum absolute atomic E-state index is 0.213. The van der Waals surface area contributed by atoms with Crippen molar-refractivity contribution >= 4 is 5.97 Å². The van der Waals surface area contributed by atoms with E-state index in [1.807, 2.05) is 0 Å². The van der Waals surface area contributed by atoms with Gasteiger partial charge in [0, 0.05) is 5.92 Å². The molecule has 0 fully saturated rings. The van der Waals surface area contributed by atoms with Crippen LogP contribution in [0.4, 0.5) is 0 Å². The number of nitrogens with zero attached hydrogens (tertiary/aromatic N) is 4. The maximum absolute atomic E-state index is 11.5. The topological polar surface area (TPSA) is 80.8 Å². The number of ether oxygens (including phenoxy) is 1. The third-order valence-corrected chi connectivity index (χ3v) is 3.72. The van der Waals surface area contributed by atoms with Gasteiger partial charge < -0.3 is 4.74 Å². The first-order valence-corrected chi connectivity index (χ1v) is 7.20. The van der Waals surface area contributed by atoms with Crippen molar-refractivity contribution in [3.05, 3.63) is 41.2 Å². The molecule has 0 aliphatic carbocycles. The van der Waals surface area contributed by atoms with Gasteiger partial charge >= 0.3 is 5.97 Å². The quantitative estimate of drug-likeness (QED) is 0.793. The van der Waals surface area contributed by atoms with Gasteiger partial charge in [-0.15, -0.1) is 5.10 Å². The molecule has 1 heterocycles. The number of hydrogen-bond acceptors (Lipinski definition) is 5. The average molecular weight is 298 g/mol. The Morgan fingerprint density at radius 1 is 1.32 bits per heavy atom. The molecule has 6 nitrogen and oxygen atoms in total. The molecular weight excluding hydrogens is 280 g/mol. The molecule has 2 rings (SSSR count). The third kappa shape index (κ3) is 2.84. The van der Waals surface area contributed by atoms with Crippen LogP contribution in [-0.4, -0.2) is 28.1 Å². The molecule has 2 aromatic rings. The molecule has 0 saturated carbocycles. The predicted octanol–water partition coefficient (Wildman–Crippen LogP) is 2.83. The molecule has 0 unspecified atom stereocenters. The fourth-order valence-electron chi connectivity index (χ4n) is 2.46. The Bertz CT molecular complexity index is 694. The van der Waals surface area contributed by atoms with Gasteiger partial charge in [0.1, 0.15) is 6.07 Å². The third-order valence-electron chi connectivity index (χ3n) is 3.72. The Hall–Kier alpha value is -2.68. The highest BCUT2D eigenvalue weighted by molar-refractivity contribution is 5.89. The van der Waals surface area contributed by atoms with Gasteiger partial charge in [-0.1, -0.05) is 19.1 Å². The van der Waals surface area contributed by atoms with Crippen molar-refractivity contribution in [2.24, 2.45) is 0 Å². The molecule has 0 radical (unpaired) electrons. The van der Waals surface area contributed by atoms with Crippen LogP contribution in [0.3, 0.4) is 0 Å². The van der Waals surface area contributed by atoms with Crippen molar-refractivity contribution < 1.29 is 9.53 Å². The SMILES string of the molecule is CCC(CC)c1c(C#N)nnn1-c1ccc(C(=O)OC)cc1. The molecule has 0 aliphatic heterocycles. The lowest BCUT2D eigenvalue weighted by Gasteiger charge is -2.14. The molecule has 1 aromatic carbocycles. The molecule has 1 aromatic heterocycles. The molecule has 0 bridgehead atoms. The first-order chi connectivity index (χ1) is 10.7. The molecule has 6 heteroatoms. The molecule has 0 spiro atoms. The number of esters is 1. The number of rotatable bonds is 5. The molecule has 114 valence electrons. The Labute approximate surface area is 129 Å². The van der Waals surface area contributed by atoms with Crippen molar-refractivity contribution in [1.29, 1.82) is 5.26 Å². The molecule has 0 N–H and O–H groups in total. The molecule has 22 heavy (non-hydrogen) atoms. The van der Waals surface area contributed by atoms with Crippen molar-refractivity contribution in [3.8, 4) is 11.8 Å². The molecule has 0 saturated heterocycles. The van der Waals surface area contributed by atoms with Gasteiger partial charge in [-0.3, -0.25) is 0 Å². The number of methoxy groups -OCH3 is 1. The van der Waals surface area contributed by atoms with Gasteiger partial charge in [0.15, 0.2) is 5.69 Å².